The van der Waals surface area contributed by atoms with Crippen LogP contribution in [0.25, 0.3) is 10.9 Å². The highest BCUT2D eigenvalue weighted by Crippen LogP contribution is 2.21. The molecule has 1 aliphatic rings. The van der Waals surface area contributed by atoms with Gasteiger partial charge in [-0.2, -0.15) is 0 Å². The molecule has 2 aromatic carbocycles. The number of para-hydroxylation sites is 1. The summed E-state index contributed by atoms with van der Waals surface area (Å²) in [5.74, 6) is -2.18. The molecule has 17 nitrogen and oxygen atoms in total. The SMILES string of the molecule is CC.CC(O)C1NC(=O)C(CCCCN)NC(=O)CNC(=O)C(Cc2ccc(O)cc2)NC(=O)CCSSCCNC1=O.CCCC(N)C(N)=O.Cc1c[nH]c2ccccc12. The van der Waals surface area contributed by atoms with Gasteiger partial charge >= 0.3 is 0 Å². The summed E-state index contributed by atoms with van der Waals surface area (Å²) in [6.07, 6.45) is 4.06. The number of aromatic nitrogens is 1. The average Bonchev–Trinajstić information content (AvgIpc) is 3.62. The molecule has 6 amide bonds. The molecular formula is C42H67N9O8S2. The van der Waals surface area contributed by atoms with Gasteiger partial charge in [0.25, 0.3) is 0 Å². The van der Waals surface area contributed by atoms with E-state index in [1.165, 1.54) is 57.1 Å². The van der Waals surface area contributed by atoms with E-state index < -0.39 is 66.4 Å². The lowest BCUT2D eigenvalue weighted by Gasteiger charge is -2.25. The molecular weight excluding hydrogens is 823 g/mol. The first-order valence-electron chi connectivity index (χ1n) is 20.6. The second kappa shape index (κ2) is 31.1. The number of nitrogens with two attached hydrogens (primary N) is 3. The van der Waals surface area contributed by atoms with E-state index in [0.717, 1.165) is 6.42 Å². The highest BCUT2D eigenvalue weighted by molar-refractivity contribution is 8.76. The highest BCUT2D eigenvalue weighted by atomic mass is 33.1. The number of aliphatic hydroxyl groups excluding tert-OH is 1. The summed E-state index contributed by atoms with van der Waals surface area (Å²) in [5.41, 5.74) is 18.9. The minimum absolute atomic E-state index is 0.0639. The molecule has 0 radical (unpaired) electrons. The normalized spacial score (nSPS) is 19.2. The molecule has 0 bridgehead atoms. The van der Waals surface area contributed by atoms with Gasteiger partial charge in [-0.05, 0) is 75.4 Å². The molecule has 4 rings (SSSR count). The van der Waals surface area contributed by atoms with Gasteiger partial charge in [0.15, 0.2) is 0 Å². The predicted octanol–water partition coefficient (Wildman–Crippen LogP) is 2.02. The number of phenolic OH excluding ortho intramolecular Hbond substituents is 1. The molecule has 0 saturated carbocycles. The molecule has 14 N–H and O–H groups in total. The summed E-state index contributed by atoms with van der Waals surface area (Å²) in [4.78, 5) is 77.5. The molecule has 5 unspecified atom stereocenters. The van der Waals surface area contributed by atoms with E-state index in [9.17, 15) is 39.0 Å². The first kappa shape index (κ1) is 54.2. The number of aryl methyl sites for hydroxylation is 1. The summed E-state index contributed by atoms with van der Waals surface area (Å²) >= 11 is 0. The zero-order valence-corrected chi connectivity index (χ0v) is 37.6. The number of unbranched alkanes of at least 4 members (excludes halogenated alkanes) is 1. The number of hydrogen-bond donors (Lipinski definition) is 11. The second-order valence-electron chi connectivity index (χ2n) is 13.8. The Morgan fingerprint density at radius 2 is 1.52 bits per heavy atom. The van der Waals surface area contributed by atoms with Crippen LogP contribution in [0.15, 0.2) is 54.7 Å². The Morgan fingerprint density at radius 3 is 2.13 bits per heavy atom. The molecule has 19 heteroatoms. The van der Waals surface area contributed by atoms with Crippen molar-refractivity contribution in [1.29, 1.82) is 0 Å². The van der Waals surface area contributed by atoms with Crippen molar-refractivity contribution in [3.05, 3.63) is 65.9 Å². The van der Waals surface area contributed by atoms with Crippen LogP contribution in [-0.4, -0.2) is 112 Å². The molecule has 5 atom stereocenters. The van der Waals surface area contributed by atoms with Crippen LogP contribution in [0.2, 0.25) is 0 Å². The van der Waals surface area contributed by atoms with Gasteiger partial charge in [-0.25, -0.2) is 0 Å². The van der Waals surface area contributed by atoms with Crippen molar-refractivity contribution >= 4 is 67.9 Å². The number of rotatable bonds is 10. The first-order chi connectivity index (χ1) is 29.2. The van der Waals surface area contributed by atoms with Crippen LogP contribution in [0.3, 0.4) is 0 Å². The van der Waals surface area contributed by atoms with E-state index >= 15 is 0 Å². The predicted molar refractivity (Wildman–Crippen MR) is 244 cm³/mol. The van der Waals surface area contributed by atoms with Crippen molar-refractivity contribution in [2.75, 3.05) is 31.1 Å². The Balaban J connectivity index is 0.000000752. The van der Waals surface area contributed by atoms with Crippen molar-refractivity contribution in [2.24, 2.45) is 17.2 Å². The van der Waals surface area contributed by atoms with Gasteiger partial charge in [-0.3, -0.25) is 28.8 Å². The minimum atomic E-state index is -1.23. The number of fused-ring (bicyclic) bond motifs is 1. The molecule has 1 fully saturated rings. The molecule has 1 aliphatic heterocycles. The molecule has 0 aliphatic carbocycles. The van der Waals surface area contributed by atoms with E-state index in [-0.39, 0.29) is 37.5 Å². The maximum Gasteiger partial charge on any atom is 0.245 e. The fourth-order valence-corrected chi connectivity index (χ4v) is 7.45. The summed E-state index contributed by atoms with van der Waals surface area (Å²) in [5, 5.41) is 34.0. The van der Waals surface area contributed by atoms with Gasteiger partial charge in [-0.1, -0.05) is 79.1 Å². The van der Waals surface area contributed by atoms with Gasteiger partial charge in [0.2, 0.25) is 35.4 Å². The topological polar surface area (TPSA) is 297 Å². The van der Waals surface area contributed by atoms with Crippen LogP contribution in [0.5, 0.6) is 5.75 Å². The van der Waals surface area contributed by atoms with Crippen LogP contribution in [0.1, 0.15) is 77.3 Å². The maximum absolute atomic E-state index is 13.1. The third-order valence-corrected chi connectivity index (χ3v) is 11.3. The van der Waals surface area contributed by atoms with Gasteiger partial charge in [0, 0.05) is 48.0 Å². The van der Waals surface area contributed by atoms with Crippen LogP contribution in [-0.2, 0) is 35.2 Å². The van der Waals surface area contributed by atoms with E-state index in [0.29, 0.717) is 42.9 Å². The molecule has 1 saturated heterocycles. The van der Waals surface area contributed by atoms with Gasteiger partial charge in [-0.15, -0.1) is 0 Å². The average molecular weight is 890 g/mol. The molecule has 0 spiro atoms. The Labute approximate surface area is 367 Å². The van der Waals surface area contributed by atoms with Crippen LogP contribution >= 0.6 is 21.6 Å². The van der Waals surface area contributed by atoms with Crippen molar-refractivity contribution in [2.45, 2.75) is 110 Å². The molecule has 340 valence electrons. The Kier molecular flexibility index (Phi) is 27.6. The van der Waals surface area contributed by atoms with E-state index in [1.807, 2.05) is 33.0 Å². The number of phenols is 1. The number of carbonyl (C=O) groups is 6. The fraction of sp³-hybridized carbons (Fsp3) is 0.524. The third-order valence-electron chi connectivity index (χ3n) is 8.85. The largest absolute Gasteiger partial charge is 0.508 e. The van der Waals surface area contributed by atoms with E-state index in [2.05, 4.69) is 56.7 Å². The van der Waals surface area contributed by atoms with Gasteiger partial charge in [0.1, 0.15) is 23.9 Å². The molecule has 61 heavy (non-hydrogen) atoms. The second-order valence-corrected chi connectivity index (χ2v) is 16.5. The number of benzene rings is 2. The zero-order valence-electron chi connectivity index (χ0n) is 36.0. The number of hydrogen-bond acceptors (Lipinski definition) is 12. The Bertz CT molecular complexity index is 1780. The number of carbonyl (C=O) groups excluding carboxylic acids is 6. The lowest BCUT2D eigenvalue weighted by molar-refractivity contribution is -0.134. The van der Waals surface area contributed by atoms with Crippen molar-refractivity contribution < 1.29 is 39.0 Å². The number of aliphatic hydroxyl groups is 1. The van der Waals surface area contributed by atoms with Crippen LogP contribution in [0, 0.1) is 6.92 Å². The molecule has 2 heterocycles. The Morgan fingerprint density at radius 1 is 0.869 bits per heavy atom. The van der Waals surface area contributed by atoms with E-state index in [4.69, 9.17) is 17.2 Å². The van der Waals surface area contributed by atoms with Crippen molar-refractivity contribution in [3.8, 4) is 5.75 Å². The monoisotopic (exact) mass is 889 g/mol. The summed E-state index contributed by atoms with van der Waals surface area (Å²) in [6, 6.07) is 10.8. The standard InChI is InChI=1S/C26H40N6O7S2.C9H9N.C5H12N2O.C2H6/c1-16(33)23-26(39)28-11-13-41-40-12-9-21(35)31-20(14-17-5-7-18(34)8-6-17)24(37)29-15-22(36)30-19(25(38)32-23)4-2-3-10-27;1-7-6-10-9-5-3-2-4-8(7)9;1-2-3-4(6)5(7)8;1-2/h5-8,16,19-20,23,33-34H,2-4,9-15,27H2,1H3,(H,28,39)(H,29,37)(H,30,36)(H,31,35)(H,32,38);2-6,10H,1H3;4H,2-3,6H2,1H3,(H2,7,8);1-2H3. The summed E-state index contributed by atoms with van der Waals surface area (Å²) < 4.78 is 0. The lowest BCUT2D eigenvalue weighted by atomic mass is 10.0. The highest BCUT2D eigenvalue weighted by Gasteiger charge is 2.30. The van der Waals surface area contributed by atoms with Crippen molar-refractivity contribution in [3.63, 3.8) is 0 Å². The van der Waals surface area contributed by atoms with Gasteiger partial charge in [0.05, 0.1) is 18.7 Å². The maximum atomic E-state index is 13.1. The third kappa shape index (κ3) is 22.0. The summed E-state index contributed by atoms with van der Waals surface area (Å²) in [6.45, 7) is 9.65. The molecule has 1 aromatic heterocycles. The first-order valence-corrected chi connectivity index (χ1v) is 23.1. The van der Waals surface area contributed by atoms with Crippen molar-refractivity contribution in [1.82, 2.24) is 31.6 Å². The zero-order chi connectivity index (χ0) is 45.7. The number of primary amides is 1. The number of nitrogens with one attached hydrogen (secondary N) is 6. The number of aromatic amines is 1. The fourth-order valence-electron chi connectivity index (χ4n) is 5.55. The van der Waals surface area contributed by atoms with E-state index in [1.54, 1.807) is 12.1 Å². The van der Waals surface area contributed by atoms with Crippen LogP contribution < -0.4 is 43.8 Å². The Hall–Kier alpha value is -4.82. The van der Waals surface area contributed by atoms with Crippen LogP contribution in [0.4, 0.5) is 0 Å². The minimum Gasteiger partial charge on any atom is -0.508 e. The molecule has 3 aromatic rings. The number of H-pyrrole nitrogens is 1. The van der Waals surface area contributed by atoms with Gasteiger partial charge < -0.3 is 59.0 Å². The summed E-state index contributed by atoms with van der Waals surface area (Å²) in [7, 11) is 2.87. The quantitative estimate of drug-likeness (QED) is 0.103. The number of amides is 6. The lowest BCUT2D eigenvalue weighted by Crippen LogP contribution is -2.58. The number of aromatic hydroxyl groups is 1. The smallest absolute Gasteiger partial charge is 0.245 e.